The zero-order valence-electron chi connectivity index (χ0n) is 18.1. The van der Waals surface area contributed by atoms with Crippen LogP contribution in [0.1, 0.15) is 40.0 Å². The molecule has 2 amide bonds. The van der Waals surface area contributed by atoms with Gasteiger partial charge < -0.3 is 14.5 Å². The van der Waals surface area contributed by atoms with Crippen molar-refractivity contribution in [3.05, 3.63) is 0 Å². The summed E-state index contributed by atoms with van der Waals surface area (Å²) in [6.45, 7) is 11.3. The van der Waals surface area contributed by atoms with Crippen LogP contribution >= 0.6 is 11.8 Å². The first-order valence-electron chi connectivity index (χ1n) is 10.6. The standard InChI is InChI=1S/C20H35N5O3S/c1-20(2,3)28-19(27)22-18-21-15(14-29-18)13-17(26)25-11-9-24(10-12-25)16-5-7-23(4)8-6-16/h15-16H,5-14H2,1-4H3,(H,21,22,27). The highest BCUT2D eigenvalue weighted by Crippen LogP contribution is 2.22. The quantitative estimate of drug-likeness (QED) is 0.740. The maximum atomic E-state index is 12.7. The summed E-state index contributed by atoms with van der Waals surface area (Å²) in [5, 5.41) is 3.23. The largest absolute Gasteiger partial charge is 0.444 e. The van der Waals surface area contributed by atoms with Gasteiger partial charge in [0.2, 0.25) is 5.91 Å². The monoisotopic (exact) mass is 425 g/mol. The second-order valence-electron chi connectivity index (χ2n) is 9.18. The van der Waals surface area contributed by atoms with Crippen molar-refractivity contribution in [1.29, 1.82) is 0 Å². The summed E-state index contributed by atoms with van der Waals surface area (Å²) >= 11 is 1.47. The number of alkyl carbamates (subject to hydrolysis) is 1. The second-order valence-corrected chi connectivity index (χ2v) is 10.2. The van der Waals surface area contributed by atoms with Crippen molar-refractivity contribution in [3.63, 3.8) is 0 Å². The molecule has 3 rings (SSSR count). The number of rotatable bonds is 3. The molecule has 1 N–H and O–H groups in total. The average molecular weight is 426 g/mol. The Balaban J connectivity index is 1.40. The molecule has 0 saturated carbocycles. The highest BCUT2D eigenvalue weighted by atomic mass is 32.2. The zero-order valence-corrected chi connectivity index (χ0v) is 19.0. The number of ether oxygens (including phenoxy) is 1. The van der Waals surface area contributed by atoms with Crippen LogP contribution in [0.4, 0.5) is 4.79 Å². The van der Waals surface area contributed by atoms with Crippen molar-refractivity contribution >= 4 is 28.9 Å². The van der Waals surface area contributed by atoms with Crippen LogP contribution in [-0.4, -0.2) is 102 Å². The molecule has 0 radical (unpaired) electrons. The Hall–Kier alpha value is -1.32. The van der Waals surface area contributed by atoms with Crippen LogP contribution in [-0.2, 0) is 9.53 Å². The van der Waals surface area contributed by atoms with E-state index < -0.39 is 11.7 Å². The van der Waals surface area contributed by atoms with E-state index in [2.05, 4.69) is 27.2 Å². The number of thioether (sulfide) groups is 1. The molecule has 0 aromatic rings. The van der Waals surface area contributed by atoms with Crippen molar-refractivity contribution < 1.29 is 14.3 Å². The predicted molar refractivity (Wildman–Crippen MR) is 116 cm³/mol. The molecule has 1 unspecified atom stereocenters. The number of carbonyl (C=O) groups is 2. The van der Waals surface area contributed by atoms with Crippen LogP contribution in [0.15, 0.2) is 4.99 Å². The number of aliphatic imine (C=N–C) groups is 1. The van der Waals surface area contributed by atoms with Gasteiger partial charge in [0.05, 0.1) is 12.5 Å². The van der Waals surface area contributed by atoms with Crippen LogP contribution in [0.2, 0.25) is 0 Å². The van der Waals surface area contributed by atoms with Gasteiger partial charge in [-0.05, 0) is 53.8 Å². The lowest BCUT2D eigenvalue weighted by Crippen LogP contribution is -2.54. The van der Waals surface area contributed by atoms with E-state index in [9.17, 15) is 9.59 Å². The number of piperazine rings is 1. The fraction of sp³-hybridized carbons (Fsp3) is 0.850. The summed E-state index contributed by atoms with van der Waals surface area (Å²) in [5.74, 6) is 0.882. The van der Waals surface area contributed by atoms with E-state index in [1.54, 1.807) is 0 Å². The summed E-state index contributed by atoms with van der Waals surface area (Å²) in [6, 6.07) is 0.588. The first-order chi connectivity index (χ1) is 13.7. The second kappa shape index (κ2) is 9.66. The van der Waals surface area contributed by atoms with Gasteiger partial charge in [-0.15, -0.1) is 0 Å². The molecule has 0 aliphatic carbocycles. The van der Waals surface area contributed by atoms with Crippen LogP contribution in [0.25, 0.3) is 0 Å². The number of likely N-dealkylation sites (tertiary alicyclic amines) is 1. The van der Waals surface area contributed by atoms with Gasteiger partial charge >= 0.3 is 6.09 Å². The number of amidine groups is 1. The van der Waals surface area contributed by atoms with Gasteiger partial charge in [0.15, 0.2) is 5.17 Å². The van der Waals surface area contributed by atoms with Crippen LogP contribution < -0.4 is 5.32 Å². The van der Waals surface area contributed by atoms with Crippen molar-refractivity contribution in [2.75, 3.05) is 52.1 Å². The van der Waals surface area contributed by atoms with Gasteiger partial charge in [0, 0.05) is 38.0 Å². The molecule has 164 valence electrons. The van der Waals surface area contributed by atoms with Crippen molar-refractivity contribution in [2.24, 2.45) is 4.99 Å². The number of piperidine rings is 1. The summed E-state index contributed by atoms with van der Waals surface area (Å²) in [5.41, 5.74) is -0.543. The van der Waals surface area contributed by atoms with Crippen molar-refractivity contribution in [3.8, 4) is 0 Å². The van der Waals surface area contributed by atoms with Crippen molar-refractivity contribution in [2.45, 2.75) is 57.7 Å². The van der Waals surface area contributed by atoms with E-state index in [0.29, 0.717) is 23.4 Å². The number of hydrogen-bond acceptors (Lipinski definition) is 7. The molecule has 2 saturated heterocycles. The fourth-order valence-electron chi connectivity index (χ4n) is 4.01. The summed E-state index contributed by atoms with van der Waals surface area (Å²) < 4.78 is 5.25. The minimum Gasteiger partial charge on any atom is -0.444 e. The van der Waals surface area contributed by atoms with Crippen LogP contribution in [0.3, 0.4) is 0 Å². The number of amides is 2. The van der Waals surface area contributed by atoms with Gasteiger partial charge in [-0.2, -0.15) is 0 Å². The molecule has 3 aliphatic heterocycles. The zero-order chi connectivity index (χ0) is 21.0. The summed E-state index contributed by atoms with van der Waals surface area (Å²) in [4.78, 5) is 36.0. The average Bonchev–Trinajstić information content (AvgIpc) is 3.07. The first-order valence-corrected chi connectivity index (χ1v) is 11.6. The molecule has 2 fully saturated rings. The Kier molecular flexibility index (Phi) is 7.45. The molecule has 3 heterocycles. The third-order valence-electron chi connectivity index (χ3n) is 5.60. The fourth-order valence-corrected chi connectivity index (χ4v) is 4.93. The first kappa shape index (κ1) is 22.4. The minimum atomic E-state index is -0.543. The molecule has 0 spiro atoms. The smallest absolute Gasteiger partial charge is 0.413 e. The highest BCUT2D eigenvalue weighted by Gasteiger charge is 2.30. The normalized spacial score (nSPS) is 25.0. The Morgan fingerprint density at radius 2 is 1.79 bits per heavy atom. The number of nitrogens with zero attached hydrogens (tertiary/aromatic N) is 4. The lowest BCUT2D eigenvalue weighted by molar-refractivity contribution is -0.133. The molecule has 8 nitrogen and oxygen atoms in total. The molecule has 0 aromatic carbocycles. The molecular formula is C20H35N5O3S. The van der Waals surface area contributed by atoms with E-state index in [1.807, 2.05) is 25.7 Å². The lowest BCUT2D eigenvalue weighted by atomic mass is 10.0. The number of hydrogen-bond donors (Lipinski definition) is 1. The Bertz CT molecular complexity index is 620. The van der Waals surface area contributed by atoms with Gasteiger partial charge in [0.1, 0.15) is 5.60 Å². The number of nitrogens with one attached hydrogen (secondary N) is 1. The van der Waals surface area contributed by atoms with Crippen LogP contribution in [0.5, 0.6) is 0 Å². The molecular weight excluding hydrogens is 390 g/mol. The summed E-state index contributed by atoms with van der Waals surface area (Å²) in [6.07, 6.45) is 2.36. The maximum Gasteiger partial charge on any atom is 0.413 e. The molecule has 1 atom stereocenters. The van der Waals surface area contributed by atoms with E-state index in [1.165, 1.54) is 37.7 Å². The minimum absolute atomic E-state index is 0.0793. The van der Waals surface area contributed by atoms with Gasteiger partial charge in [-0.25, -0.2) is 4.79 Å². The molecule has 0 bridgehead atoms. The Labute approximate surface area is 178 Å². The Morgan fingerprint density at radius 3 is 2.41 bits per heavy atom. The third kappa shape index (κ3) is 6.86. The molecule has 29 heavy (non-hydrogen) atoms. The SMILES string of the molecule is CN1CCC(N2CCN(C(=O)CC3CSC(NC(=O)OC(C)(C)C)=N3)CC2)CC1. The topological polar surface area (TPSA) is 77.5 Å². The molecule has 9 heteroatoms. The predicted octanol–water partition coefficient (Wildman–Crippen LogP) is 1.61. The van der Waals surface area contributed by atoms with Gasteiger partial charge in [-0.1, -0.05) is 11.8 Å². The van der Waals surface area contributed by atoms with E-state index in [-0.39, 0.29) is 11.9 Å². The maximum absolute atomic E-state index is 12.7. The van der Waals surface area contributed by atoms with Gasteiger partial charge in [-0.3, -0.25) is 20.0 Å². The van der Waals surface area contributed by atoms with E-state index in [4.69, 9.17) is 4.74 Å². The van der Waals surface area contributed by atoms with E-state index >= 15 is 0 Å². The Morgan fingerprint density at radius 1 is 1.14 bits per heavy atom. The molecule has 3 aliphatic rings. The lowest BCUT2D eigenvalue weighted by Gasteiger charge is -2.42. The number of carbonyl (C=O) groups excluding carboxylic acids is 2. The third-order valence-corrected chi connectivity index (χ3v) is 6.63. The highest BCUT2D eigenvalue weighted by molar-refractivity contribution is 8.14. The summed E-state index contributed by atoms with van der Waals surface area (Å²) in [7, 11) is 2.19. The molecule has 0 aromatic heterocycles. The van der Waals surface area contributed by atoms with Crippen LogP contribution in [0, 0.1) is 0 Å². The van der Waals surface area contributed by atoms with Crippen molar-refractivity contribution in [1.82, 2.24) is 20.0 Å². The van der Waals surface area contributed by atoms with E-state index in [0.717, 1.165) is 26.2 Å². The van der Waals surface area contributed by atoms with Gasteiger partial charge in [0.25, 0.3) is 0 Å².